The first kappa shape index (κ1) is 22.1. The number of thioether (sulfide) groups is 1. The Hall–Kier alpha value is -2.10. The van der Waals surface area contributed by atoms with Crippen LogP contribution in [0.4, 0.5) is 5.69 Å². The van der Waals surface area contributed by atoms with Gasteiger partial charge in [-0.15, -0.1) is 11.8 Å². The maximum atomic E-state index is 12.9. The fourth-order valence-corrected chi connectivity index (χ4v) is 7.12. The van der Waals surface area contributed by atoms with Crippen molar-refractivity contribution < 1.29 is 18.0 Å². The molecule has 3 atom stereocenters. The summed E-state index contributed by atoms with van der Waals surface area (Å²) in [4.78, 5) is 26.4. The van der Waals surface area contributed by atoms with Gasteiger partial charge in [0.15, 0.2) is 0 Å². The van der Waals surface area contributed by atoms with Crippen LogP contribution in [0.2, 0.25) is 0 Å². The van der Waals surface area contributed by atoms with E-state index in [2.05, 4.69) is 10.6 Å². The number of amides is 2. The van der Waals surface area contributed by atoms with E-state index in [-0.39, 0.29) is 33.9 Å². The third kappa shape index (κ3) is 4.18. The molecule has 0 radical (unpaired) electrons. The molecule has 2 amide bonds. The van der Waals surface area contributed by atoms with Crippen molar-refractivity contribution in [3.8, 4) is 0 Å². The predicted molar refractivity (Wildman–Crippen MR) is 122 cm³/mol. The number of allylic oxidation sites excluding steroid dienone is 2. The minimum Gasteiger partial charge on any atom is -0.347 e. The molecule has 2 N–H and O–H groups in total. The lowest BCUT2D eigenvalue weighted by Crippen LogP contribution is -2.49. The van der Waals surface area contributed by atoms with E-state index in [1.807, 2.05) is 26.0 Å². The van der Waals surface area contributed by atoms with Crippen molar-refractivity contribution in [3.05, 3.63) is 46.4 Å². The molecule has 31 heavy (non-hydrogen) atoms. The van der Waals surface area contributed by atoms with Crippen LogP contribution >= 0.6 is 11.8 Å². The van der Waals surface area contributed by atoms with Gasteiger partial charge >= 0.3 is 0 Å². The summed E-state index contributed by atoms with van der Waals surface area (Å²) in [6, 6.07) is 4.68. The van der Waals surface area contributed by atoms with E-state index in [1.54, 1.807) is 25.1 Å². The Balaban J connectivity index is 1.51. The molecule has 3 aliphatic rings. The normalized spacial score (nSPS) is 26.5. The molecular formula is C22H27N3O4S2. The van der Waals surface area contributed by atoms with E-state index in [0.29, 0.717) is 29.9 Å². The monoisotopic (exact) mass is 461 g/mol. The molecule has 3 unspecified atom stereocenters. The van der Waals surface area contributed by atoms with Crippen molar-refractivity contribution in [3.63, 3.8) is 0 Å². The molecule has 2 fully saturated rings. The lowest BCUT2D eigenvalue weighted by molar-refractivity contribution is -0.121. The van der Waals surface area contributed by atoms with Gasteiger partial charge in [0, 0.05) is 35.2 Å². The first-order valence-corrected chi connectivity index (χ1v) is 12.8. The summed E-state index contributed by atoms with van der Waals surface area (Å²) >= 11 is 1.53. The molecule has 2 heterocycles. The topological polar surface area (TPSA) is 95.6 Å². The predicted octanol–water partition coefficient (Wildman–Crippen LogP) is 2.80. The zero-order valence-corrected chi connectivity index (χ0v) is 19.5. The highest BCUT2D eigenvalue weighted by Gasteiger charge is 2.37. The summed E-state index contributed by atoms with van der Waals surface area (Å²) in [5, 5.41) is 5.75. The fraction of sp³-hybridized carbons (Fsp3) is 0.455. The summed E-state index contributed by atoms with van der Waals surface area (Å²) in [6.07, 6.45) is 5.47. The second-order valence-corrected chi connectivity index (χ2v) is 11.6. The first-order chi connectivity index (χ1) is 14.7. The highest BCUT2D eigenvalue weighted by Crippen LogP contribution is 2.38. The number of carbonyl (C=O) groups excluding carboxylic acids is 2. The van der Waals surface area contributed by atoms with Gasteiger partial charge in [-0.1, -0.05) is 19.1 Å². The van der Waals surface area contributed by atoms with Crippen LogP contribution < -0.4 is 10.6 Å². The average molecular weight is 462 g/mol. The maximum Gasteiger partial charge on any atom is 0.251 e. The van der Waals surface area contributed by atoms with Crippen molar-refractivity contribution in [1.82, 2.24) is 9.62 Å². The Labute approximate surface area is 187 Å². The van der Waals surface area contributed by atoms with Crippen molar-refractivity contribution >= 4 is 39.3 Å². The van der Waals surface area contributed by atoms with E-state index >= 15 is 0 Å². The number of nitrogens with one attached hydrogen (secondary N) is 2. The van der Waals surface area contributed by atoms with Crippen molar-refractivity contribution in [2.45, 2.75) is 49.8 Å². The second kappa shape index (κ2) is 8.44. The number of carbonyl (C=O) groups is 2. The Morgan fingerprint density at radius 1 is 1.19 bits per heavy atom. The third-order valence-electron chi connectivity index (χ3n) is 6.08. The van der Waals surface area contributed by atoms with E-state index in [0.717, 1.165) is 17.7 Å². The lowest BCUT2D eigenvalue weighted by atomic mass is 9.87. The van der Waals surface area contributed by atoms with Crippen LogP contribution in [0.25, 0.3) is 0 Å². The Bertz CT molecular complexity index is 1090. The fourth-order valence-electron chi connectivity index (χ4n) is 4.26. The van der Waals surface area contributed by atoms with Crippen LogP contribution in [0.1, 0.15) is 32.3 Å². The summed E-state index contributed by atoms with van der Waals surface area (Å²) in [5.41, 5.74) is 1.72. The SMILES string of the molecule is Cc1cc(NC(=O)C2=CC=C3SC(C)C(=O)NC3C2C)ccc1S(=O)(=O)N1CCCC1. The van der Waals surface area contributed by atoms with Crippen molar-refractivity contribution in [1.29, 1.82) is 0 Å². The van der Waals surface area contributed by atoms with Crippen molar-refractivity contribution in [2.75, 3.05) is 18.4 Å². The minimum absolute atomic E-state index is 0.0221. The van der Waals surface area contributed by atoms with Gasteiger partial charge in [0.05, 0.1) is 16.2 Å². The van der Waals surface area contributed by atoms with Gasteiger partial charge < -0.3 is 10.6 Å². The summed E-state index contributed by atoms with van der Waals surface area (Å²) in [7, 11) is -3.51. The van der Waals surface area contributed by atoms with Gasteiger partial charge in [0.25, 0.3) is 5.91 Å². The highest BCUT2D eigenvalue weighted by molar-refractivity contribution is 8.04. The standard InChI is InChI=1S/C22H27N3O4S2/c1-13-12-16(6-9-19(13)31(28,29)25-10-4-5-11-25)23-22(27)17-7-8-18-20(14(17)2)24-21(26)15(3)30-18/h6-9,12,14-15,20H,4-5,10-11H2,1-3H3,(H,23,27)(H,24,26). The molecule has 7 nitrogen and oxygen atoms in total. The van der Waals surface area contributed by atoms with E-state index in [9.17, 15) is 18.0 Å². The molecule has 1 aromatic carbocycles. The van der Waals surface area contributed by atoms with Gasteiger partial charge in [-0.3, -0.25) is 9.59 Å². The molecule has 2 aliphatic heterocycles. The number of benzene rings is 1. The van der Waals surface area contributed by atoms with E-state index in [1.165, 1.54) is 16.1 Å². The van der Waals surface area contributed by atoms with Crippen LogP contribution in [0.15, 0.2) is 45.7 Å². The number of nitrogens with zero attached hydrogens (tertiary/aromatic N) is 1. The molecule has 2 saturated heterocycles. The van der Waals surface area contributed by atoms with Crippen LogP contribution in [0, 0.1) is 12.8 Å². The van der Waals surface area contributed by atoms with Gasteiger partial charge in [-0.25, -0.2) is 8.42 Å². The quantitative estimate of drug-likeness (QED) is 0.719. The molecular weight excluding hydrogens is 434 g/mol. The van der Waals surface area contributed by atoms with Crippen LogP contribution in [0.3, 0.4) is 0 Å². The summed E-state index contributed by atoms with van der Waals surface area (Å²) in [5.74, 6) is -0.443. The van der Waals surface area contributed by atoms with Gasteiger partial charge in [-0.2, -0.15) is 4.31 Å². The van der Waals surface area contributed by atoms with Gasteiger partial charge in [-0.05, 0) is 50.5 Å². The average Bonchev–Trinajstić information content (AvgIpc) is 3.25. The molecule has 0 bridgehead atoms. The van der Waals surface area contributed by atoms with Gasteiger partial charge in [0.1, 0.15) is 0 Å². The van der Waals surface area contributed by atoms with Gasteiger partial charge in [0.2, 0.25) is 15.9 Å². The molecule has 0 saturated carbocycles. The minimum atomic E-state index is -3.51. The molecule has 1 aromatic rings. The largest absolute Gasteiger partial charge is 0.347 e. The summed E-state index contributed by atoms with van der Waals surface area (Å²) < 4.78 is 27.2. The smallest absolute Gasteiger partial charge is 0.251 e. The van der Waals surface area contributed by atoms with Crippen LogP contribution in [0.5, 0.6) is 0 Å². The maximum absolute atomic E-state index is 12.9. The number of sulfonamides is 1. The number of fused-ring (bicyclic) bond motifs is 1. The number of aryl methyl sites for hydroxylation is 1. The zero-order chi connectivity index (χ0) is 22.3. The number of rotatable bonds is 4. The van der Waals surface area contributed by atoms with Crippen LogP contribution in [-0.2, 0) is 19.6 Å². The van der Waals surface area contributed by atoms with E-state index in [4.69, 9.17) is 0 Å². The lowest BCUT2D eigenvalue weighted by Gasteiger charge is -2.36. The zero-order valence-electron chi connectivity index (χ0n) is 17.8. The van der Waals surface area contributed by atoms with Crippen molar-refractivity contribution in [2.24, 2.45) is 5.92 Å². The molecule has 0 aromatic heterocycles. The Kier molecular flexibility index (Phi) is 6.02. The number of anilines is 1. The molecule has 1 aliphatic carbocycles. The molecule has 0 spiro atoms. The summed E-state index contributed by atoms with van der Waals surface area (Å²) in [6.45, 7) is 6.64. The number of hydrogen-bond donors (Lipinski definition) is 2. The Morgan fingerprint density at radius 2 is 1.90 bits per heavy atom. The molecule has 166 valence electrons. The van der Waals surface area contributed by atoms with E-state index < -0.39 is 10.0 Å². The second-order valence-electron chi connectivity index (χ2n) is 8.27. The Morgan fingerprint density at radius 3 is 2.58 bits per heavy atom. The highest BCUT2D eigenvalue weighted by atomic mass is 32.2. The first-order valence-electron chi connectivity index (χ1n) is 10.5. The van der Waals surface area contributed by atoms with Crippen LogP contribution in [-0.4, -0.2) is 48.9 Å². The third-order valence-corrected chi connectivity index (χ3v) is 9.37. The molecule has 4 rings (SSSR count). The number of hydrogen-bond acceptors (Lipinski definition) is 5. The molecule has 9 heteroatoms.